The molecule has 106 valence electrons. The molecule has 0 fully saturated rings. The molecular formula is C15H23NO3. The van der Waals surface area contributed by atoms with Gasteiger partial charge in [0.1, 0.15) is 5.75 Å². The van der Waals surface area contributed by atoms with Gasteiger partial charge in [-0.2, -0.15) is 0 Å². The van der Waals surface area contributed by atoms with Gasteiger partial charge in [-0.05, 0) is 38.8 Å². The maximum absolute atomic E-state index is 12.2. The number of aliphatic hydroxyl groups excluding tert-OH is 1. The van der Waals surface area contributed by atoms with E-state index in [0.717, 1.165) is 0 Å². The molecule has 0 saturated heterocycles. The zero-order valence-corrected chi connectivity index (χ0v) is 11.8. The first-order valence-corrected chi connectivity index (χ1v) is 6.63. The summed E-state index contributed by atoms with van der Waals surface area (Å²) < 4.78 is 5.67. The lowest BCUT2D eigenvalue weighted by Crippen LogP contribution is -2.49. The molecule has 0 bridgehead atoms. The molecule has 0 heterocycles. The summed E-state index contributed by atoms with van der Waals surface area (Å²) in [5.41, 5.74) is -0.431. The molecule has 2 N–H and O–H groups in total. The number of carbonyl (C=O) groups is 1. The fourth-order valence-corrected chi connectivity index (χ4v) is 1.74. The molecule has 0 saturated carbocycles. The van der Waals surface area contributed by atoms with Crippen LogP contribution in [0.5, 0.6) is 5.75 Å². The van der Waals surface area contributed by atoms with Crippen molar-refractivity contribution in [3.8, 4) is 5.75 Å². The van der Waals surface area contributed by atoms with E-state index in [0.29, 0.717) is 18.6 Å². The Labute approximate surface area is 114 Å². The largest absolute Gasteiger partial charge is 0.481 e. The van der Waals surface area contributed by atoms with Crippen molar-refractivity contribution >= 4 is 5.91 Å². The van der Waals surface area contributed by atoms with Crippen LogP contribution in [0.3, 0.4) is 0 Å². The van der Waals surface area contributed by atoms with Crippen LogP contribution in [0.2, 0.25) is 0 Å². The molecule has 1 aromatic rings. The van der Waals surface area contributed by atoms with Crippen molar-refractivity contribution in [2.24, 2.45) is 0 Å². The van der Waals surface area contributed by atoms with E-state index in [-0.39, 0.29) is 12.5 Å². The van der Waals surface area contributed by atoms with E-state index in [9.17, 15) is 4.79 Å². The van der Waals surface area contributed by atoms with E-state index in [1.54, 1.807) is 0 Å². The van der Waals surface area contributed by atoms with Crippen LogP contribution in [0.4, 0.5) is 0 Å². The molecule has 19 heavy (non-hydrogen) atoms. The predicted octanol–water partition coefficient (Wildman–Crippen LogP) is 2.12. The summed E-state index contributed by atoms with van der Waals surface area (Å²) in [7, 11) is 0. The molecular weight excluding hydrogens is 242 g/mol. The number of para-hydroxylation sites is 1. The highest BCUT2D eigenvalue weighted by Crippen LogP contribution is 2.14. The highest BCUT2D eigenvalue weighted by atomic mass is 16.5. The summed E-state index contributed by atoms with van der Waals surface area (Å²) in [6, 6.07) is 9.30. The van der Waals surface area contributed by atoms with E-state index < -0.39 is 11.6 Å². The molecule has 0 aliphatic heterocycles. The SMILES string of the molecule is CCC(Oc1ccccc1)C(=O)NC(C)(C)CCO. The lowest BCUT2D eigenvalue weighted by molar-refractivity contribution is -0.129. The third-order valence-corrected chi connectivity index (χ3v) is 2.88. The van der Waals surface area contributed by atoms with Gasteiger partial charge < -0.3 is 15.2 Å². The van der Waals surface area contributed by atoms with E-state index in [4.69, 9.17) is 9.84 Å². The van der Waals surface area contributed by atoms with Gasteiger partial charge in [0.2, 0.25) is 0 Å². The molecule has 1 aromatic carbocycles. The van der Waals surface area contributed by atoms with E-state index in [1.165, 1.54) is 0 Å². The Morgan fingerprint density at radius 1 is 1.37 bits per heavy atom. The second kappa shape index (κ2) is 7.14. The summed E-state index contributed by atoms with van der Waals surface area (Å²) in [6.45, 7) is 5.72. The van der Waals surface area contributed by atoms with Crippen molar-refractivity contribution in [1.29, 1.82) is 0 Å². The van der Waals surface area contributed by atoms with E-state index >= 15 is 0 Å². The van der Waals surface area contributed by atoms with Crippen LogP contribution >= 0.6 is 0 Å². The Bertz CT molecular complexity index is 390. The highest BCUT2D eigenvalue weighted by molar-refractivity contribution is 5.81. The normalized spacial score (nSPS) is 12.8. The standard InChI is InChI=1S/C15H23NO3/c1-4-13(19-12-8-6-5-7-9-12)14(18)16-15(2,3)10-11-17/h5-9,13,17H,4,10-11H2,1-3H3,(H,16,18). The molecule has 4 heteroatoms. The van der Waals surface area contributed by atoms with Crippen molar-refractivity contribution in [1.82, 2.24) is 5.32 Å². The van der Waals surface area contributed by atoms with Gasteiger partial charge in [-0.3, -0.25) is 4.79 Å². The fourth-order valence-electron chi connectivity index (χ4n) is 1.74. The minimum Gasteiger partial charge on any atom is -0.481 e. The Morgan fingerprint density at radius 2 is 2.00 bits per heavy atom. The molecule has 0 spiro atoms. The van der Waals surface area contributed by atoms with Gasteiger partial charge >= 0.3 is 0 Å². The van der Waals surface area contributed by atoms with Crippen LogP contribution in [-0.2, 0) is 4.79 Å². The average Bonchev–Trinajstić information content (AvgIpc) is 2.36. The Kier molecular flexibility index (Phi) is 5.83. The first-order chi connectivity index (χ1) is 8.98. The third kappa shape index (κ3) is 5.30. The van der Waals surface area contributed by atoms with Crippen molar-refractivity contribution in [2.45, 2.75) is 45.3 Å². The van der Waals surface area contributed by atoms with Gasteiger partial charge in [0.05, 0.1) is 0 Å². The molecule has 1 unspecified atom stereocenters. The second-order valence-corrected chi connectivity index (χ2v) is 5.17. The van der Waals surface area contributed by atoms with Gasteiger partial charge in [-0.25, -0.2) is 0 Å². The van der Waals surface area contributed by atoms with E-state index in [2.05, 4.69) is 5.32 Å². The topological polar surface area (TPSA) is 58.6 Å². The minimum absolute atomic E-state index is 0.0453. The Balaban J connectivity index is 2.62. The van der Waals surface area contributed by atoms with Gasteiger partial charge in [-0.15, -0.1) is 0 Å². The first kappa shape index (κ1) is 15.5. The lowest BCUT2D eigenvalue weighted by Gasteiger charge is -2.28. The molecule has 1 amide bonds. The van der Waals surface area contributed by atoms with Crippen LogP contribution in [0, 0.1) is 0 Å². The Hall–Kier alpha value is -1.55. The van der Waals surface area contributed by atoms with Crippen molar-refractivity contribution in [2.75, 3.05) is 6.61 Å². The van der Waals surface area contributed by atoms with Crippen LogP contribution < -0.4 is 10.1 Å². The van der Waals surface area contributed by atoms with Gasteiger partial charge in [0.15, 0.2) is 6.10 Å². The zero-order chi connectivity index (χ0) is 14.3. The minimum atomic E-state index is -0.514. The average molecular weight is 265 g/mol. The lowest BCUT2D eigenvalue weighted by atomic mass is 10.0. The van der Waals surface area contributed by atoms with Crippen molar-refractivity contribution < 1.29 is 14.6 Å². The number of ether oxygens (including phenoxy) is 1. The Morgan fingerprint density at radius 3 is 2.53 bits per heavy atom. The van der Waals surface area contributed by atoms with Crippen molar-refractivity contribution in [3.05, 3.63) is 30.3 Å². The number of aliphatic hydroxyl groups is 1. The summed E-state index contributed by atoms with van der Waals surface area (Å²) >= 11 is 0. The summed E-state index contributed by atoms with van der Waals surface area (Å²) in [4.78, 5) is 12.2. The fraction of sp³-hybridized carbons (Fsp3) is 0.533. The zero-order valence-electron chi connectivity index (χ0n) is 11.8. The summed E-state index contributed by atoms with van der Waals surface area (Å²) in [5.74, 6) is 0.536. The van der Waals surface area contributed by atoms with Gasteiger partial charge in [0.25, 0.3) is 5.91 Å². The highest BCUT2D eigenvalue weighted by Gasteiger charge is 2.25. The van der Waals surface area contributed by atoms with Gasteiger partial charge in [0, 0.05) is 12.1 Å². The molecule has 1 rings (SSSR count). The first-order valence-electron chi connectivity index (χ1n) is 6.63. The predicted molar refractivity (Wildman–Crippen MR) is 75.1 cm³/mol. The molecule has 0 aliphatic carbocycles. The monoisotopic (exact) mass is 265 g/mol. The number of amides is 1. The molecule has 0 radical (unpaired) electrons. The third-order valence-electron chi connectivity index (χ3n) is 2.88. The number of benzene rings is 1. The smallest absolute Gasteiger partial charge is 0.261 e. The number of hydrogen-bond acceptors (Lipinski definition) is 3. The van der Waals surface area contributed by atoms with E-state index in [1.807, 2.05) is 51.1 Å². The number of rotatable bonds is 7. The van der Waals surface area contributed by atoms with Crippen LogP contribution in [0.1, 0.15) is 33.6 Å². The maximum atomic E-state index is 12.2. The summed E-state index contributed by atoms with van der Waals surface area (Å²) in [5, 5.41) is 11.9. The number of nitrogens with one attached hydrogen (secondary N) is 1. The molecule has 1 atom stereocenters. The van der Waals surface area contributed by atoms with Crippen LogP contribution in [0.25, 0.3) is 0 Å². The summed E-state index contributed by atoms with van der Waals surface area (Å²) in [6.07, 6.45) is 0.594. The van der Waals surface area contributed by atoms with Crippen molar-refractivity contribution in [3.63, 3.8) is 0 Å². The van der Waals surface area contributed by atoms with Gasteiger partial charge in [-0.1, -0.05) is 25.1 Å². The quantitative estimate of drug-likeness (QED) is 0.794. The van der Waals surface area contributed by atoms with Crippen LogP contribution in [0.15, 0.2) is 30.3 Å². The molecule has 0 aliphatic rings. The maximum Gasteiger partial charge on any atom is 0.261 e. The molecule has 0 aromatic heterocycles. The van der Waals surface area contributed by atoms with Crippen LogP contribution in [-0.4, -0.2) is 29.3 Å². The number of carbonyl (C=O) groups excluding carboxylic acids is 1. The number of hydrogen-bond donors (Lipinski definition) is 2. The molecule has 4 nitrogen and oxygen atoms in total. The second-order valence-electron chi connectivity index (χ2n) is 5.17.